The fourth-order valence-corrected chi connectivity index (χ4v) is 2.29. The fraction of sp³-hybridized carbons (Fsp3) is 0.0588. The minimum Gasteiger partial charge on any atom is -0.489 e. The van der Waals surface area contributed by atoms with Crippen molar-refractivity contribution in [1.82, 2.24) is 4.98 Å². The van der Waals surface area contributed by atoms with Crippen LogP contribution in [0.2, 0.25) is 0 Å². The van der Waals surface area contributed by atoms with Crippen molar-refractivity contribution in [3.8, 4) is 5.75 Å². The Morgan fingerprint density at radius 1 is 1.13 bits per heavy atom. The molecule has 0 saturated carbocycles. The summed E-state index contributed by atoms with van der Waals surface area (Å²) in [5, 5.41) is 9.79. The quantitative estimate of drug-likeness (QED) is 0.673. The number of ether oxygens (including phenoxy) is 1. The Morgan fingerprint density at radius 2 is 1.96 bits per heavy atom. The van der Waals surface area contributed by atoms with Crippen molar-refractivity contribution >= 4 is 22.8 Å². The van der Waals surface area contributed by atoms with Gasteiger partial charge in [-0.25, -0.2) is 4.79 Å². The number of fused-ring (bicyclic) bond motifs is 1. The third-order valence-electron chi connectivity index (χ3n) is 3.44. The molecule has 0 aliphatic heterocycles. The standard InChI is InChI=1S/C17H14N2O4/c18-16(20)15-8-12-7-13(4-5-14(12)19-15)23-9-10-2-1-3-11(6-10)17(21)22/h1-8,19H,9H2,(H2,18,20)(H,21,22). The first-order valence-corrected chi connectivity index (χ1v) is 6.90. The maximum atomic E-state index is 11.2. The molecule has 116 valence electrons. The lowest BCUT2D eigenvalue weighted by Gasteiger charge is -2.07. The van der Waals surface area contributed by atoms with Crippen LogP contribution in [-0.2, 0) is 6.61 Å². The van der Waals surface area contributed by atoms with Crippen LogP contribution in [0, 0.1) is 0 Å². The minimum atomic E-state index is -0.973. The number of nitrogens with two attached hydrogens (primary N) is 1. The third kappa shape index (κ3) is 3.16. The molecule has 0 aliphatic carbocycles. The van der Waals surface area contributed by atoms with E-state index in [9.17, 15) is 9.59 Å². The smallest absolute Gasteiger partial charge is 0.335 e. The SMILES string of the molecule is NC(=O)c1cc2cc(OCc3cccc(C(=O)O)c3)ccc2[nH]1. The summed E-state index contributed by atoms with van der Waals surface area (Å²) in [6.07, 6.45) is 0. The van der Waals surface area contributed by atoms with Crippen molar-refractivity contribution in [3.05, 3.63) is 65.4 Å². The van der Waals surface area contributed by atoms with Crippen LogP contribution in [0.5, 0.6) is 5.75 Å². The van der Waals surface area contributed by atoms with Gasteiger partial charge in [0.1, 0.15) is 18.1 Å². The van der Waals surface area contributed by atoms with Crippen molar-refractivity contribution in [2.45, 2.75) is 6.61 Å². The monoisotopic (exact) mass is 310 g/mol. The van der Waals surface area contributed by atoms with Crippen LogP contribution in [0.1, 0.15) is 26.4 Å². The number of aromatic carboxylic acids is 1. The predicted octanol–water partition coefficient (Wildman–Crippen LogP) is 2.54. The van der Waals surface area contributed by atoms with E-state index >= 15 is 0 Å². The Labute approximate surface area is 131 Å². The molecule has 0 unspecified atom stereocenters. The topological polar surface area (TPSA) is 105 Å². The molecule has 0 fully saturated rings. The highest BCUT2D eigenvalue weighted by atomic mass is 16.5. The van der Waals surface area contributed by atoms with Gasteiger partial charge in [0.15, 0.2) is 0 Å². The van der Waals surface area contributed by atoms with E-state index in [1.807, 2.05) is 0 Å². The van der Waals surface area contributed by atoms with Crippen LogP contribution in [0.4, 0.5) is 0 Å². The Balaban J connectivity index is 1.77. The molecule has 6 heteroatoms. The van der Waals surface area contributed by atoms with Gasteiger partial charge in [-0.2, -0.15) is 0 Å². The van der Waals surface area contributed by atoms with Crippen molar-refractivity contribution in [2.75, 3.05) is 0 Å². The molecule has 6 nitrogen and oxygen atoms in total. The third-order valence-corrected chi connectivity index (χ3v) is 3.44. The summed E-state index contributed by atoms with van der Waals surface area (Å²) in [7, 11) is 0. The molecule has 4 N–H and O–H groups in total. The van der Waals surface area contributed by atoms with Crippen LogP contribution < -0.4 is 10.5 Å². The highest BCUT2D eigenvalue weighted by molar-refractivity contribution is 5.97. The van der Waals surface area contributed by atoms with Crippen LogP contribution in [0.3, 0.4) is 0 Å². The average molecular weight is 310 g/mol. The van der Waals surface area contributed by atoms with Gasteiger partial charge in [0.05, 0.1) is 5.56 Å². The molecule has 1 amide bonds. The first-order valence-electron chi connectivity index (χ1n) is 6.90. The van der Waals surface area contributed by atoms with Gasteiger partial charge in [0, 0.05) is 10.9 Å². The molecule has 0 spiro atoms. The Kier molecular flexibility index (Phi) is 3.72. The van der Waals surface area contributed by atoms with E-state index in [-0.39, 0.29) is 12.2 Å². The van der Waals surface area contributed by atoms with E-state index in [1.165, 1.54) is 6.07 Å². The molecule has 0 aliphatic rings. The Morgan fingerprint density at radius 3 is 2.70 bits per heavy atom. The lowest BCUT2D eigenvalue weighted by molar-refractivity contribution is 0.0696. The second-order valence-electron chi connectivity index (χ2n) is 5.09. The van der Waals surface area contributed by atoms with Crippen LogP contribution in [0.15, 0.2) is 48.5 Å². The number of carbonyl (C=O) groups is 2. The molecular formula is C17H14N2O4. The van der Waals surface area contributed by atoms with Crippen LogP contribution in [0.25, 0.3) is 10.9 Å². The highest BCUT2D eigenvalue weighted by Gasteiger charge is 2.07. The van der Waals surface area contributed by atoms with Crippen LogP contribution in [-0.4, -0.2) is 22.0 Å². The zero-order valence-electron chi connectivity index (χ0n) is 12.1. The second kappa shape index (κ2) is 5.84. The van der Waals surface area contributed by atoms with E-state index in [2.05, 4.69) is 4.98 Å². The molecule has 0 saturated heterocycles. The molecule has 1 aromatic heterocycles. The number of aromatic amines is 1. The first-order chi connectivity index (χ1) is 11.0. The van der Waals surface area contributed by atoms with E-state index in [0.717, 1.165) is 16.5 Å². The Hall–Kier alpha value is -3.28. The highest BCUT2D eigenvalue weighted by Crippen LogP contribution is 2.22. The summed E-state index contributed by atoms with van der Waals surface area (Å²) in [6.45, 7) is 0.250. The summed E-state index contributed by atoms with van der Waals surface area (Å²) >= 11 is 0. The number of hydrogen-bond acceptors (Lipinski definition) is 3. The molecule has 23 heavy (non-hydrogen) atoms. The van der Waals surface area contributed by atoms with Gasteiger partial charge >= 0.3 is 5.97 Å². The van der Waals surface area contributed by atoms with Gasteiger partial charge < -0.3 is 20.6 Å². The lowest BCUT2D eigenvalue weighted by atomic mass is 10.1. The van der Waals surface area contributed by atoms with Crippen molar-refractivity contribution in [2.24, 2.45) is 5.73 Å². The van der Waals surface area contributed by atoms with Crippen LogP contribution >= 0.6 is 0 Å². The maximum Gasteiger partial charge on any atom is 0.335 e. The second-order valence-corrected chi connectivity index (χ2v) is 5.09. The van der Waals surface area contributed by atoms with Gasteiger partial charge in [-0.05, 0) is 42.0 Å². The number of nitrogens with one attached hydrogen (secondary N) is 1. The van der Waals surface area contributed by atoms with Crippen molar-refractivity contribution in [1.29, 1.82) is 0 Å². The van der Waals surface area contributed by atoms with Gasteiger partial charge in [-0.15, -0.1) is 0 Å². The molecule has 0 radical (unpaired) electrons. The van der Waals surface area contributed by atoms with Gasteiger partial charge in [-0.1, -0.05) is 12.1 Å². The van der Waals surface area contributed by atoms with E-state index in [1.54, 1.807) is 42.5 Å². The normalized spacial score (nSPS) is 10.6. The number of carboxylic acid groups (broad SMARTS) is 1. The summed E-state index contributed by atoms with van der Waals surface area (Å²) < 4.78 is 5.68. The molecular weight excluding hydrogens is 296 g/mol. The number of carbonyl (C=O) groups excluding carboxylic acids is 1. The lowest BCUT2D eigenvalue weighted by Crippen LogP contribution is -2.10. The number of rotatable bonds is 5. The minimum absolute atomic E-state index is 0.221. The zero-order valence-corrected chi connectivity index (χ0v) is 12.1. The van der Waals surface area contributed by atoms with E-state index < -0.39 is 11.9 Å². The predicted molar refractivity (Wildman–Crippen MR) is 84.5 cm³/mol. The summed E-state index contributed by atoms with van der Waals surface area (Å²) in [6, 6.07) is 13.6. The fourth-order valence-electron chi connectivity index (χ4n) is 2.29. The molecule has 0 bridgehead atoms. The average Bonchev–Trinajstić information content (AvgIpc) is 2.96. The first kappa shape index (κ1) is 14.6. The largest absolute Gasteiger partial charge is 0.489 e. The molecule has 3 aromatic rings. The number of amides is 1. The molecule has 3 rings (SSSR count). The number of H-pyrrole nitrogens is 1. The Bertz CT molecular complexity index is 898. The van der Waals surface area contributed by atoms with Gasteiger partial charge in [0.25, 0.3) is 5.91 Å². The number of benzene rings is 2. The summed E-state index contributed by atoms with van der Waals surface area (Å²) in [4.78, 5) is 25.0. The van der Waals surface area contributed by atoms with E-state index in [4.69, 9.17) is 15.6 Å². The van der Waals surface area contributed by atoms with Crippen molar-refractivity contribution < 1.29 is 19.4 Å². The molecule has 1 heterocycles. The number of carboxylic acids is 1. The molecule has 2 aromatic carbocycles. The van der Waals surface area contributed by atoms with Crippen molar-refractivity contribution in [3.63, 3.8) is 0 Å². The maximum absolute atomic E-state index is 11.2. The molecule has 0 atom stereocenters. The van der Waals surface area contributed by atoms with Gasteiger partial charge in [-0.3, -0.25) is 4.79 Å². The van der Waals surface area contributed by atoms with E-state index in [0.29, 0.717) is 11.4 Å². The van der Waals surface area contributed by atoms with Gasteiger partial charge in [0.2, 0.25) is 0 Å². The summed E-state index contributed by atoms with van der Waals surface area (Å²) in [5.41, 5.74) is 7.35. The number of hydrogen-bond donors (Lipinski definition) is 3. The summed E-state index contributed by atoms with van der Waals surface area (Å²) in [5.74, 6) is -0.873. The zero-order chi connectivity index (χ0) is 16.4. The number of aromatic nitrogens is 1. The number of primary amides is 1.